The lowest BCUT2D eigenvalue weighted by Crippen LogP contribution is -2.14. The van der Waals surface area contributed by atoms with Crippen molar-refractivity contribution in [3.8, 4) is 11.1 Å². The van der Waals surface area contributed by atoms with Crippen LogP contribution >= 0.6 is 0 Å². The normalized spacial score (nSPS) is 12.0. The SMILES string of the molecule is Cc1cc([C@@H](C)Nc2nc(C)nc3cc(C)c(-c4ccn(C)c(=O)c4)cc23)cc([N+](=O)[O-])c1. The van der Waals surface area contributed by atoms with Crippen LogP contribution < -0.4 is 10.9 Å². The summed E-state index contributed by atoms with van der Waals surface area (Å²) in [5.41, 5.74) is 5.14. The van der Waals surface area contributed by atoms with Crippen molar-refractivity contribution < 1.29 is 4.92 Å². The Hall–Kier alpha value is -4.07. The maximum Gasteiger partial charge on any atom is 0.270 e. The van der Waals surface area contributed by atoms with Gasteiger partial charge < -0.3 is 9.88 Å². The third-order valence-corrected chi connectivity index (χ3v) is 5.72. The fraction of sp³-hybridized carbons (Fsp3) is 0.240. The first kappa shape index (κ1) is 22.1. The van der Waals surface area contributed by atoms with Crippen molar-refractivity contribution >= 4 is 22.4 Å². The van der Waals surface area contributed by atoms with Crippen LogP contribution in [0.1, 0.15) is 35.5 Å². The van der Waals surface area contributed by atoms with E-state index in [2.05, 4.69) is 15.3 Å². The minimum atomic E-state index is -0.382. The van der Waals surface area contributed by atoms with Gasteiger partial charge in [-0.05, 0) is 73.7 Å². The second kappa shape index (κ2) is 8.46. The third-order valence-electron chi connectivity index (χ3n) is 5.72. The molecule has 0 saturated heterocycles. The summed E-state index contributed by atoms with van der Waals surface area (Å²) in [6.45, 7) is 7.60. The highest BCUT2D eigenvalue weighted by Crippen LogP contribution is 2.32. The van der Waals surface area contributed by atoms with Crippen LogP contribution in [0.15, 0.2) is 53.5 Å². The number of nitrogens with one attached hydrogen (secondary N) is 1. The zero-order valence-electron chi connectivity index (χ0n) is 19.2. The molecule has 0 spiro atoms. The number of benzene rings is 2. The average Bonchev–Trinajstić information content (AvgIpc) is 2.74. The second-order valence-electron chi connectivity index (χ2n) is 8.39. The average molecular weight is 444 g/mol. The molecule has 0 radical (unpaired) electrons. The molecule has 2 aromatic carbocycles. The third kappa shape index (κ3) is 4.45. The fourth-order valence-electron chi connectivity index (χ4n) is 3.97. The van der Waals surface area contributed by atoms with Crippen LogP contribution in [0.25, 0.3) is 22.0 Å². The molecule has 0 unspecified atom stereocenters. The van der Waals surface area contributed by atoms with E-state index in [9.17, 15) is 14.9 Å². The molecule has 0 amide bonds. The van der Waals surface area contributed by atoms with Gasteiger partial charge in [0.05, 0.1) is 16.5 Å². The summed E-state index contributed by atoms with van der Waals surface area (Å²) in [7, 11) is 1.72. The molecule has 0 aliphatic rings. The number of hydrogen-bond acceptors (Lipinski definition) is 6. The van der Waals surface area contributed by atoms with E-state index in [-0.39, 0.29) is 22.2 Å². The molecule has 2 heterocycles. The molecule has 1 atom stereocenters. The molecule has 4 aromatic rings. The molecule has 1 N–H and O–H groups in total. The van der Waals surface area contributed by atoms with Crippen molar-refractivity contribution in [1.29, 1.82) is 0 Å². The van der Waals surface area contributed by atoms with E-state index in [1.807, 2.05) is 52.0 Å². The van der Waals surface area contributed by atoms with Gasteiger partial charge >= 0.3 is 0 Å². The molecular weight excluding hydrogens is 418 g/mol. The highest BCUT2D eigenvalue weighted by molar-refractivity contribution is 5.94. The molecule has 168 valence electrons. The van der Waals surface area contributed by atoms with E-state index in [0.717, 1.165) is 38.7 Å². The Morgan fingerprint density at radius 3 is 2.52 bits per heavy atom. The smallest absolute Gasteiger partial charge is 0.270 e. The first-order valence-corrected chi connectivity index (χ1v) is 10.6. The van der Waals surface area contributed by atoms with Gasteiger partial charge in [-0.2, -0.15) is 0 Å². The van der Waals surface area contributed by atoms with Crippen LogP contribution in [0.5, 0.6) is 0 Å². The van der Waals surface area contributed by atoms with Gasteiger partial charge in [0.25, 0.3) is 11.2 Å². The number of hydrogen-bond donors (Lipinski definition) is 1. The number of aromatic nitrogens is 3. The number of anilines is 1. The van der Waals surface area contributed by atoms with Gasteiger partial charge in [-0.25, -0.2) is 9.97 Å². The number of aryl methyl sites for hydroxylation is 4. The molecular formula is C25H25N5O3. The maximum atomic E-state index is 12.2. The van der Waals surface area contributed by atoms with Crippen molar-refractivity contribution in [2.24, 2.45) is 7.05 Å². The van der Waals surface area contributed by atoms with Gasteiger partial charge in [-0.15, -0.1) is 0 Å². The summed E-state index contributed by atoms with van der Waals surface area (Å²) >= 11 is 0. The van der Waals surface area contributed by atoms with Crippen molar-refractivity contribution in [3.05, 3.63) is 91.6 Å². The second-order valence-corrected chi connectivity index (χ2v) is 8.39. The topological polar surface area (TPSA) is 103 Å². The molecule has 33 heavy (non-hydrogen) atoms. The molecule has 8 heteroatoms. The number of nitro groups is 1. The van der Waals surface area contributed by atoms with Crippen LogP contribution in [0.2, 0.25) is 0 Å². The van der Waals surface area contributed by atoms with E-state index in [1.54, 1.807) is 31.4 Å². The van der Waals surface area contributed by atoms with Crippen LogP contribution in [0, 0.1) is 30.9 Å². The minimum absolute atomic E-state index is 0.0611. The molecule has 4 rings (SSSR count). The van der Waals surface area contributed by atoms with Gasteiger partial charge in [0.1, 0.15) is 11.6 Å². The lowest BCUT2D eigenvalue weighted by atomic mass is 9.98. The lowest BCUT2D eigenvalue weighted by Gasteiger charge is -2.18. The maximum absolute atomic E-state index is 12.2. The predicted molar refractivity (Wildman–Crippen MR) is 130 cm³/mol. The van der Waals surface area contributed by atoms with Crippen LogP contribution in [-0.4, -0.2) is 19.5 Å². The largest absolute Gasteiger partial charge is 0.363 e. The van der Waals surface area contributed by atoms with Gasteiger partial charge in [0, 0.05) is 36.8 Å². The summed E-state index contributed by atoms with van der Waals surface area (Å²) in [6, 6.07) is 12.3. The Balaban J connectivity index is 1.81. The summed E-state index contributed by atoms with van der Waals surface area (Å²) in [4.78, 5) is 32.3. The number of pyridine rings is 1. The van der Waals surface area contributed by atoms with Gasteiger partial charge in [0.15, 0.2) is 0 Å². The summed E-state index contributed by atoms with van der Waals surface area (Å²) < 4.78 is 1.53. The standard InChI is InChI=1S/C25H25N5O3/c1-14-8-19(11-20(9-14)30(32)33)16(3)26-25-22-13-21(18-6-7-29(5)24(31)12-18)15(2)10-23(22)27-17(4)28-25/h6-13,16H,1-5H3,(H,26,27,28)/t16-/m1/s1. The van der Waals surface area contributed by atoms with E-state index >= 15 is 0 Å². The summed E-state index contributed by atoms with van der Waals surface area (Å²) in [6.07, 6.45) is 1.75. The Kier molecular flexibility index (Phi) is 5.68. The number of nitrogens with zero attached hydrogens (tertiary/aromatic N) is 4. The van der Waals surface area contributed by atoms with Crippen molar-refractivity contribution in [3.63, 3.8) is 0 Å². The highest BCUT2D eigenvalue weighted by Gasteiger charge is 2.16. The van der Waals surface area contributed by atoms with E-state index in [1.165, 1.54) is 4.57 Å². The molecule has 0 bridgehead atoms. The molecule has 0 aliphatic heterocycles. The Morgan fingerprint density at radius 2 is 1.82 bits per heavy atom. The zero-order valence-corrected chi connectivity index (χ0v) is 19.2. The number of nitro benzene ring substituents is 1. The van der Waals surface area contributed by atoms with E-state index in [0.29, 0.717) is 11.6 Å². The van der Waals surface area contributed by atoms with Gasteiger partial charge in [-0.3, -0.25) is 14.9 Å². The molecule has 0 fully saturated rings. The van der Waals surface area contributed by atoms with Crippen molar-refractivity contribution in [1.82, 2.24) is 14.5 Å². The minimum Gasteiger partial charge on any atom is -0.363 e. The zero-order chi connectivity index (χ0) is 23.9. The molecule has 2 aromatic heterocycles. The predicted octanol–water partition coefficient (Wildman–Crippen LogP) is 5.00. The Morgan fingerprint density at radius 1 is 1.06 bits per heavy atom. The first-order valence-electron chi connectivity index (χ1n) is 10.6. The number of fused-ring (bicyclic) bond motifs is 1. The summed E-state index contributed by atoms with van der Waals surface area (Å²) in [5, 5.41) is 15.5. The number of rotatable bonds is 5. The fourth-order valence-corrected chi connectivity index (χ4v) is 3.97. The first-order chi connectivity index (χ1) is 15.6. The van der Waals surface area contributed by atoms with Gasteiger partial charge in [-0.1, -0.05) is 6.07 Å². The van der Waals surface area contributed by atoms with Crippen molar-refractivity contribution in [2.75, 3.05) is 5.32 Å². The quantitative estimate of drug-likeness (QED) is 0.344. The van der Waals surface area contributed by atoms with Gasteiger partial charge in [0.2, 0.25) is 0 Å². The van der Waals surface area contributed by atoms with Crippen LogP contribution in [0.3, 0.4) is 0 Å². The van der Waals surface area contributed by atoms with Crippen LogP contribution in [-0.2, 0) is 7.05 Å². The highest BCUT2D eigenvalue weighted by atomic mass is 16.6. The number of non-ortho nitro benzene ring substituents is 1. The Bertz CT molecular complexity index is 1460. The molecule has 8 nitrogen and oxygen atoms in total. The lowest BCUT2D eigenvalue weighted by molar-refractivity contribution is -0.385. The van der Waals surface area contributed by atoms with Crippen LogP contribution in [0.4, 0.5) is 11.5 Å². The molecule has 0 aliphatic carbocycles. The van der Waals surface area contributed by atoms with E-state index in [4.69, 9.17) is 0 Å². The summed E-state index contributed by atoms with van der Waals surface area (Å²) in [5.74, 6) is 1.26. The molecule has 0 saturated carbocycles. The van der Waals surface area contributed by atoms with Crippen molar-refractivity contribution in [2.45, 2.75) is 33.7 Å². The van der Waals surface area contributed by atoms with E-state index < -0.39 is 0 Å². The Labute approximate surface area is 191 Å². The monoisotopic (exact) mass is 443 g/mol.